The van der Waals surface area contributed by atoms with Crippen LogP contribution in [0.2, 0.25) is 0 Å². The highest BCUT2D eigenvalue weighted by Gasteiger charge is 2.26. The van der Waals surface area contributed by atoms with Crippen molar-refractivity contribution in [1.82, 2.24) is 14.9 Å². The van der Waals surface area contributed by atoms with Crippen LogP contribution in [0.25, 0.3) is 0 Å². The SMILES string of the molecule is CCNS(=O)(=O)c1ccc(CCC(=O)N(Cc2ccc(F)cc2)[C@H](C)C(=O)NCc2ccc(OC)cc2)cc1. The molecule has 0 aliphatic rings. The zero-order chi connectivity index (χ0) is 28.4. The van der Waals surface area contributed by atoms with Crippen molar-refractivity contribution in [1.29, 1.82) is 0 Å². The smallest absolute Gasteiger partial charge is 0.242 e. The summed E-state index contributed by atoms with van der Waals surface area (Å²) in [5.74, 6) is -0.250. The van der Waals surface area contributed by atoms with E-state index in [1.54, 1.807) is 57.4 Å². The molecule has 0 spiro atoms. The fourth-order valence-corrected chi connectivity index (χ4v) is 4.99. The van der Waals surface area contributed by atoms with Crippen LogP contribution >= 0.6 is 0 Å². The van der Waals surface area contributed by atoms with Crippen LogP contribution in [-0.4, -0.2) is 44.8 Å². The molecule has 0 heterocycles. The Bertz CT molecular complexity index is 1350. The number of nitrogens with one attached hydrogen (secondary N) is 2. The lowest BCUT2D eigenvalue weighted by Gasteiger charge is -2.29. The van der Waals surface area contributed by atoms with E-state index in [-0.39, 0.29) is 48.6 Å². The van der Waals surface area contributed by atoms with Crippen molar-refractivity contribution < 1.29 is 27.1 Å². The van der Waals surface area contributed by atoms with Gasteiger partial charge in [0.05, 0.1) is 12.0 Å². The van der Waals surface area contributed by atoms with Crippen LogP contribution in [0.5, 0.6) is 5.75 Å². The molecule has 208 valence electrons. The van der Waals surface area contributed by atoms with E-state index in [9.17, 15) is 22.4 Å². The van der Waals surface area contributed by atoms with Gasteiger partial charge in [-0.05, 0) is 66.4 Å². The topological polar surface area (TPSA) is 105 Å². The third-order valence-corrected chi connectivity index (χ3v) is 7.82. The van der Waals surface area contributed by atoms with E-state index in [0.717, 1.165) is 11.1 Å². The molecule has 0 saturated heterocycles. The number of halogens is 1. The molecule has 0 aliphatic carbocycles. The number of ether oxygens (including phenoxy) is 1. The third kappa shape index (κ3) is 8.62. The van der Waals surface area contributed by atoms with Crippen molar-refractivity contribution in [3.8, 4) is 5.75 Å². The zero-order valence-corrected chi connectivity index (χ0v) is 23.1. The highest BCUT2D eigenvalue weighted by Crippen LogP contribution is 2.16. The summed E-state index contributed by atoms with van der Waals surface area (Å²) in [6.07, 6.45) is 0.469. The number of amides is 2. The van der Waals surface area contributed by atoms with E-state index in [1.165, 1.54) is 29.2 Å². The van der Waals surface area contributed by atoms with Crippen molar-refractivity contribution in [3.05, 3.63) is 95.3 Å². The maximum Gasteiger partial charge on any atom is 0.242 e. The summed E-state index contributed by atoms with van der Waals surface area (Å²) >= 11 is 0. The minimum atomic E-state index is -3.56. The minimum absolute atomic E-state index is 0.108. The number of methoxy groups -OCH3 is 1. The Kier molecular flexibility index (Phi) is 10.6. The standard InChI is InChI=1S/C29H34FN3O5S/c1-4-32-39(36,37)27-16-9-22(10-17-27)11-18-28(34)33(20-24-5-12-25(30)13-6-24)21(2)29(35)31-19-23-7-14-26(38-3)15-8-23/h5-10,12-17,21,32H,4,11,18-20H2,1-3H3,(H,31,35)/t21-/m1/s1. The monoisotopic (exact) mass is 555 g/mol. The van der Waals surface area contributed by atoms with Crippen molar-refractivity contribution >= 4 is 21.8 Å². The number of nitrogens with zero attached hydrogens (tertiary/aromatic N) is 1. The van der Waals surface area contributed by atoms with Gasteiger partial charge in [0.2, 0.25) is 21.8 Å². The normalized spacial score (nSPS) is 12.0. The second kappa shape index (κ2) is 13.9. The first kappa shape index (κ1) is 29.8. The van der Waals surface area contributed by atoms with Crippen LogP contribution in [0, 0.1) is 5.82 Å². The number of carbonyl (C=O) groups excluding carboxylic acids is 2. The Morgan fingerprint density at radius 2 is 1.51 bits per heavy atom. The Morgan fingerprint density at radius 1 is 0.923 bits per heavy atom. The molecule has 3 rings (SSSR count). The Morgan fingerprint density at radius 3 is 2.10 bits per heavy atom. The highest BCUT2D eigenvalue weighted by atomic mass is 32.2. The average molecular weight is 556 g/mol. The number of rotatable bonds is 13. The van der Waals surface area contributed by atoms with Crippen LogP contribution < -0.4 is 14.8 Å². The number of aryl methyl sites for hydroxylation is 1. The first-order valence-corrected chi connectivity index (χ1v) is 14.1. The van der Waals surface area contributed by atoms with E-state index in [4.69, 9.17) is 4.74 Å². The van der Waals surface area contributed by atoms with Gasteiger partial charge in [-0.15, -0.1) is 0 Å². The van der Waals surface area contributed by atoms with Crippen LogP contribution in [-0.2, 0) is 39.1 Å². The van der Waals surface area contributed by atoms with Gasteiger partial charge in [-0.2, -0.15) is 0 Å². The van der Waals surface area contributed by atoms with Gasteiger partial charge in [0.25, 0.3) is 0 Å². The molecule has 39 heavy (non-hydrogen) atoms. The van der Waals surface area contributed by atoms with Gasteiger partial charge in [-0.25, -0.2) is 17.5 Å². The van der Waals surface area contributed by atoms with E-state index in [0.29, 0.717) is 17.7 Å². The molecule has 1 atom stereocenters. The number of sulfonamides is 1. The first-order valence-electron chi connectivity index (χ1n) is 12.7. The van der Waals surface area contributed by atoms with E-state index >= 15 is 0 Å². The molecular formula is C29H34FN3O5S. The van der Waals surface area contributed by atoms with Crippen molar-refractivity contribution in [2.24, 2.45) is 0 Å². The predicted octanol–water partition coefficient (Wildman–Crippen LogP) is 3.80. The highest BCUT2D eigenvalue weighted by molar-refractivity contribution is 7.89. The summed E-state index contributed by atoms with van der Waals surface area (Å²) in [6, 6.07) is 18.7. The molecule has 3 aromatic carbocycles. The van der Waals surface area contributed by atoms with Crippen LogP contribution in [0.3, 0.4) is 0 Å². The first-order chi connectivity index (χ1) is 18.6. The van der Waals surface area contributed by atoms with Crippen molar-refractivity contribution in [3.63, 3.8) is 0 Å². The predicted molar refractivity (Wildman–Crippen MR) is 147 cm³/mol. The lowest BCUT2D eigenvalue weighted by atomic mass is 10.1. The summed E-state index contributed by atoms with van der Waals surface area (Å²) in [5, 5.41) is 2.87. The number of hydrogen-bond donors (Lipinski definition) is 2. The summed E-state index contributed by atoms with van der Waals surface area (Å²) in [7, 11) is -1.98. The van der Waals surface area contributed by atoms with Crippen molar-refractivity contribution in [2.45, 2.75) is 50.7 Å². The molecule has 2 N–H and O–H groups in total. The van der Waals surface area contributed by atoms with Crippen LogP contribution in [0.1, 0.15) is 37.0 Å². The van der Waals surface area contributed by atoms with Gasteiger partial charge >= 0.3 is 0 Å². The molecule has 0 fully saturated rings. The van der Waals surface area contributed by atoms with E-state index in [1.807, 2.05) is 12.1 Å². The molecule has 2 amide bonds. The third-order valence-electron chi connectivity index (χ3n) is 6.25. The zero-order valence-electron chi connectivity index (χ0n) is 22.3. The van der Waals surface area contributed by atoms with Crippen LogP contribution in [0.15, 0.2) is 77.7 Å². The number of hydrogen-bond acceptors (Lipinski definition) is 5. The molecule has 0 saturated carbocycles. The average Bonchev–Trinajstić information content (AvgIpc) is 2.94. The molecular weight excluding hydrogens is 521 g/mol. The van der Waals surface area contributed by atoms with Gasteiger partial charge < -0.3 is 15.0 Å². The second-order valence-electron chi connectivity index (χ2n) is 9.04. The Balaban J connectivity index is 1.69. The molecule has 0 aliphatic heterocycles. The minimum Gasteiger partial charge on any atom is -0.497 e. The molecule has 3 aromatic rings. The quantitative estimate of drug-likeness (QED) is 0.334. The summed E-state index contributed by atoms with van der Waals surface area (Å²) in [6.45, 7) is 4.07. The second-order valence-corrected chi connectivity index (χ2v) is 10.8. The fourth-order valence-electron chi connectivity index (χ4n) is 3.95. The number of benzene rings is 3. The lowest BCUT2D eigenvalue weighted by molar-refractivity contribution is -0.140. The maximum atomic E-state index is 13.4. The molecule has 0 aromatic heterocycles. The lowest BCUT2D eigenvalue weighted by Crippen LogP contribution is -2.47. The molecule has 0 radical (unpaired) electrons. The molecule has 0 bridgehead atoms. The van der Waals surface area contributed by atoms with Gasteiger partial charge in [0, 0.05) is 26.1 Å². The van der Waals surface area contributed by atoms with E-state index < -0.39 is 16.1 Å². The van der Waals surface area contributed by atoms with E-state index in [2.05, 4.69) is 10.0 Å². The summed E-state index contributed by atoms with van der Waals surface area (Å²) < 4.78 is 45.4. The number of carbonyl (C=O) groups is 2. The van der Waals surface area contributed by atoms with Gasteiger partial charge in [-0.1, -0.05) is 43.3 Å². The van der Waals surface area contributed by atoms with Crippen molar-refractivity contribution in [2.75, 3.05) is 13.7 Å². The molecule has 10 heteroatoms. The van der Waals surface area contributed by atoms with Gasteiger partial charge in [0.15, 0.2) is 0 Å². The largest absolute Gasteiger partial charge is 0.497 e. The fraction of sp³-hybridized carbons (Fsp3) is 0.310. The summed E-state index contributed by atoms with van der Waals surface area (Å²) in [5.41, 5.74) is 2.36. The molecule has 8 nitrogen and oxygen atoms in total. The van der Waals surface area contributed by atoms with Gasteiger partial charge in [-0.3, -0.25) is 9.59 Å². The van der Waals surface area contributed by atoms with Gasteiger partial charge in [0.1, 0.15) is 17.6 Å². The summed E-state index contributed by atoms with van der Waals surface area (Å²) in [4.78, 5) is 28.0. The molecule has 0 unspecified atom stereocenters. The Hall–Kier alpha value is -3.76. The maximum absolute atomic E-state index is 13.4. The Labute approximate surface area is 229 Å². The van der Waals surface area contributed by atoms with Crippen LogP contribution in [0.4, 0.5) is 4.39 Å².